The maximum Gasteiger partial charge on any atom is 0.115 e. The number of morpholine rings is 1. The first-order valence-corrected chi connectivity index (χ1v) is 9.07. The number of thiazole rings is 1. The first-order chi connectivity index (χ1) is 12.3. The monoisotopic (exact) mass is 353 g/mol. The van der Waals surface area contributed by atoms with Crippen LogP contribution in [0.4, 0.5) is 0 Å². The fraction of sp³-hybridized carbons (Fsp3) is 0.333. The van der Waals surface area contributed by atoms with Gasteiger partial charge in [-0.15, -0.1) is 11.3 Å². The van der Waals surface area contributed by atoms with Gasteiger partial charge in [0, 0.05) is 48.7 Å². The van der Waals surface area contributed by atoms with Gasteiger partial charge >= 0.3 is 0 Å². The minimum atomic E-state index is -0.0210. The van der Waals surface area contributed by atoms with Crippen LogP contribution in [0.15, 0.2) is 43.1 Å². The standard InChI is InChI=1S/C18H19N5OS/c1-13-21-9-15(25-13)10-23-5-6-24-18(11-23)17-4-2-3-16(22-17)14-7-19-12-20-8-14/h2-4,7-9,12,18H,5-6,10-11H2,1H3/t18-/m0/s1. The maximum atomic E-state index is 5.98. The molecule has 6 nitrogen and oxygen atoms in total. The van der Waals surface area contributed by atoms with E-state index in [1.54, 1.807) is 23.7 Å². The molecule has 0 radical (unpaired) electrons. The van der Waals surface area contributed by atoms with Crippen LogP contribution in [-0.4, -0.2) is 44.5 Å². The van der Waals surface area contributed by atoms with Crippen molar-refractivity contribution >= 4 is 11.3 Å². The number of aromatic nitrogens is 4. The van der Waals surface area contributed by atoms with Crippen LogP contribution < -0.4 is 0 Å². The average Bonchev–Trinajstić information content (AvgIpc) is 3.07. The Hall–Kier alpha value is -2.22. The van der Waals surface area contributed by atoms with Gasteiger partial charge in [-0.3, -0.25) is 4.90 Å². The van der Waals surface area contributed by atoms with E-state index in [1.807, 2.05) is 31.3 Å². The lowest BCUT2D eigenvalue weighted by Gasteiger charge is -2.32. The summed E-state index contributed by atoms with van der Waals surface area (Å²) in [6.07, 6.45) is 7.03. The van der Waals surface area contributed by atoms with Gasteiger partial charge in [-0.25, -0.2) is 19.9 Å². The van der Waals surface area contributed by atoms with Crippen LogP contribution in [0.2, 0.25) is 0 Å². The van der Waals surface area contributed by atoms with Crippen LogP contribution in [0.5, 0.6) is 0 Å². The normalized spacial score (nSPS) is 18.4. The third-order valence-corrected chi connectivity index (χ3v) is 5.05. The second kappa shape index (κ2) is 7.35. The van der Waals surface area contributed by atoms with Gasteiger partial charge in [0.15, 0.2) is 0 Å². The van der Waals surface area contributed by atoms with E-state index in [0.717, 1.165) is 41.6 Å². The number of pyridine rings is 1. The quantitative estimate of drug-likeness (QED) is 0.719. The summed E-state index contributed by atoms with van der Waals surface area (Å²) in [4.78, 5) is 20.9. The Morgan fingerprint density at radius 1 is 1.24 bits per heavy atom. The molecular weight excluding hydrogens is 334 g/mol. The van der Waals surface area contributed by atoms with Crippen molar-refractivity contribution < 1.29 is 4.74 Å². The van der Waals surface area contributed by atoms with Crippen LogP contribution in [0.25, 0.3) is 11.3 Å². The minimum absolute atomic E-state index is 0.0210. The SMILES string of the molecule is Cc1ncc(CN2CCO[C@H](c3cccc(-c4cncnc4)n3)C2)s1. The van der Waals surface area contributed by atoms with Crippen molar-refractivity contribution in [2.45, 2.75) is 19.6 Å². The predicted molar refractivity (Wildman–Crippen MR) is 96.1 cm³/mol. The minimum Gasteiger partial charge on any atom is -0.369 e. The van der Waals surface area contributed by atoms with E-state index in [9.17, 15) is 0 Å². The summed E-state index contributed by atoms with van der Waals surface area (Å²) in [5.74, 6) is 0. The van der Waals surface area contributed by atoms with Crippen LogP contribution in [0, 0.1) is 6.92 Å². The predicted octanol–water partition coefficient (Wildman–Crippen LogP) is 2.88. The Morgan fingerprint density at radius 3 is 2.92 bits per heavy atom. The van der Waals surface area contributed by atoms with Gasteiger partial charge in [0.05, 0.1) is 23.0 Å². The summed E-state index contributed by atoms with van der Waals surface area (Å²) in [6.45, 7) is 5.43. The molecular formula is C18H19N5OS. The highest BCUT2D eigenvalue weighted by Gasteiger charge is 2.23. The summed E-state index contributed by atoms with van der Waals surface area (Å²) in [7, 11) is 0. The molecule has 1 fully saturated rings. The van der Waals surface area contributed by atoms with Crippen molar-refractivity contribution in [2.24, 2.45) is 0 Å². The number of nitrogens with zero attached hydrogens (tertiary/aromatic N) is 5. The summed E-state index contributed by atoms with van der Waals surface area (Å²) >= 11 is 1.76. The topological polar surface area (TPSA) is 64.0 Å². The van der Waals surface area contributed by atoms with Gasteiger partial charge in [0.25, 0.3) is 0 Å². The first kappa shape index (κ1) is 16.3. The lowest BCUT2D eigenvalue weighted by Crippen LogP contribution is -2.37. The van der Waals surface area contributed by atoms with Gasteiger partial charge in [-0.1, -0.05) is 6.07 Å². The number of ether oxygens (including phenoxy) is 1. The zero-order valence-corrected chi connectivity index (χ0v) is 14.8. The van der Waals surface area contributed by atoms with E-state index in [-0.39, 0.29) is 6.10 Å². The molecule has 3 aromatic heterocycles. The van der Waals surface area contributed by atoms with Crippen LogP contribution >= 0.6 is 11.3 Å². The van der Waals surface area contributed by atoms with E-state index in [2.05, 4.69) is 19.9 Å². The lowest BCUT2D eigenvalue weighted by atomic mass is 10.1. The molecule has 0 bridgehead atoms. The van der Waals surface area contributed by atoms with Crippen molar-refractivity contribution in [3.63, 3.8) is 0 Å². The van der Waals surface area contributed by atoms with Crippen molar-refractivity contribution in [2.75, 3.05) is 19.7 Å². The van der Waals surface area contributed by atoms with E-state index in [1.165, 1.54) is 11.2 Å². The maximum absolute atomic E-state index is 5.98. The summed E-state index contributed by atoms with van der Waals surface area (Å²) in [5.41, 5.74) is 2.74. The Kier molecular flexibility index (Phi) is 4.78. The zero-order chi connectivity index (χ0) is 17.1. The fourth-order valence-corrected chi connectivity index (χ4v) is 3.78. The van der Waals surface area contributed by atoms with E-state index < -0.39 is 0 Å². The highest BCUT2D eigenvalue weighted by molar-refractivity contribution is 7.11. The molecule has 7 heteroatoms. The summed E-state index contributed by atoms with van der Waals surface area (Å²) in [6, 6.07) is 6.01. The van der Waals surface area contributed by atoms with Gasteiger partial charge in [-0.05, 0) is 19.1 Å². The molecule has 1 aliphatic heterocycles. The molecule has 25 heavy (non-hydrogen) atoms. The molecule has 3 aromatic rings. The van der Waals surface area contributed by atoms with Gasteiger partial charge < -0.3 is 4.74 Å². The van der Waals surface area contributed by atoms with Crippen LogP contribution in [-0.2, 0) is 11.3 Å². The Bertz CT molecular complexity index is 838. The number of hydrogen-bond acceptors (Lipinski definition) is 7. The van der Waals surface area contributed by atoms with Gasteiger partial charge in [-0.2, -0.15) is 0 Å². The van der Waals surface area contributed by atoms with Crippen molar-refractivity contribution in [3.05, 3.63) is 58.7 Å². The molecule has 0 spiro atoms. The molecule has 0 amide bonds. The third kappa shape index (κ3) is 3.89. The molecule has 1 saturated heterocycles. The van der Waals surface area contributed by atoms with E-state index in [0.29, 0.717) is 6.61 Å². The second-order valence-corrected chi connectivity index (χ2v) is 7.33. The van der Waals surface area contributed by atoms with Gasteiger partial charge in [0.1, 0.15) is 12.4 Å². The smallest absolute Gasteiger partial charge is 0.115 e. The molecule has 0 aliphatic carbocycles. The molecule has 4 rings (SSSR count). The zero-order valence-electron chi connectivity index (χ0n) is 14.0. The molecule has 4 heterocycles. The van der Waals surface area contributed by atoms with Gasteiger partial charge in [0.2, 0.25) is 0 Å². The third-order valence-electron chi connectivity index (χ3n) is 4.16. The Labute approximate surface area is 150 Å². The van der Waals surface area contributed by atoms with Crippen molar-refractivity contribution in [1.82, 2.24) is 24.8 Å². The highest BCUT2D eigenvalue weighted by Crippen LogP contribution is 2.25. The van der Waals surface area contributed by atoms with E-state index in [4.69, 9.17) is 9.72 Å². The Balaban J connectivity index is 1.49. The molecule has 0 aromatic carbocycles. The average molecular weight is 353 g/mol. The Morgan fingerprint density at radius 2 is 2.12 bits per heavy atom. The molecule has 128 valence electrons. The largest absolute Gasteiger partial charge is 0.369 e. The molecule has 1 aliphatic rings. The number of hydrogen-bond donors (Lipinski definition) is 0. The van der Waals surface area contributed by atoms with Crippen LogP contribution in [0.1, 0.15) is 21.7 Å². The van der Waals surface area contributed by atoms with Crippen molar-refractivity contribution in [3.8, 4) is 11.3 Å². The summed E-state index contributed by atoms with van der Waals surface area (Å²) < 4.78 is 5.98. The molecule has 0 N–H and O–H groups in total. The second-order valence-electron chi connectivity index (χ2n) is 6.01. The molecule has 1 atom stereocenters. The molecule has 0 unspecified atom stereocenters. The highest BCUT2D eigenvalue weighted by atomic mass is 32.1. The first-order valence-electron chi connectivity index (χ1n) is 8.25. The number of rotatable bonds is 4. The lowest BCUT2D eigenvalue weighted by molar-refractivity contribution is -0.0346. The molecule has 0 saturated carbocycles. The summed E-state index contributed by atoms with van der Waals surface area (Å²) in [5, 5.41) is 1.11. The van der Waals surface area contributed by atoms with Crippen LogP contribution in [0.3, 0.4) is 0 Å². The fourth-order valence-electron chi connectivity index (χ4n) is 2.95. The number of aryl methyl sites for hydroxylation is 1. The van der Waals surface area contributed by atoms with Crippen molar-refractivity contribution in [1.29, 1.82) is 0 Å². The van der Waals surface area contributed by atoms with E-state index >= 15 is 0 Å².